The Bertz CT molecular complexity index is 143. The van der Waals surface area contributed by atoms with Crippen molar-refractivity contribution in [2.75, 3.05) is 0 Å². The molecule has 0 aliphatic carbocycles. The minimum Gasteiger partial charge on any atom is -0.0991 e. The minimum absolute atomic E-state index is 1.25. The van der Waals surface area contributed by atoms with Gasteiger partial charge in [0.25, 0.3) is 0 Å². The fourth-order valence-electron chi connectivity index (χ4n) is 0.689. The van der Waals surface area contributed by atoms with Crippen molar-refractivity contribution in [2.45, 2.75) is 20.8 Å². The topological polar surface area (TPSA) is 0 Å². The molecule has 0 heterocycles. The van der Waals surface area contributed by atoms with Gasteiger partial charge in [0.2, 0.25) is 0 Å². The van der Waals surface area contributed by atoms with E-state index >= 15 is 0 Å². The third kappa shape index (κ3) is 5.09. The van der Waals surface area contributed by atoms with E-state index in [0.29, 0.717) is 0 Å². The third-order valence-electron chi connectivity index (χ3n) is 0.897. The van der Waals surface area contributed by atoms with Crippen molar-refractivity contribution < 1.29 is 0 Å². The van der Waals surface area contributed by atoms with E-state index in [1.165, 1.54) is 11.1 Å². The fourth-order valence-corrected chi connectivity index (χ4v) is 0.689. The molecule has 0 saturated carbocycles. The predicted octanol–water partition coefficient (Wildman–Crippen LogP) is 3.08. The molecular weight excluding hydrogens is 108 g/mol. The summed E-state index contributed by atoms with van der Waals surface area (Å²) in [6.45, 7) is 9.83. The molecule has 0 unspecified atom stereocenters. The van der Waals surface area contributed by atoms with Gasteiger partial charge in [0.1, 0.15) is 0 Å². The second-order valence-electron chi connectivity index (χ2n) is 2.37. The Hall–Kier alpha value is -0.780. The summed E-state index contributed by atoms with van der Waals surface area (Å²) in [4.78, 5) is 0. The summed E-state index contributed by atoms with van der Waals surface area (Å²) in [5, 5.41) is 0. The summed E-state index contributed by atoms with van der Waals surface area (Å²) in [7, 11) is 0. The monoisotopic (exact) mass is 122 g/mol. The first-order valence-corrected chi connectivity index (χ1v) is 3.11. The Labute approximate surface area is 57.6 Å². The van der Waals surface area contributed by atoms with Crippen molar-refractivity contribution in [2.24, 2.45) is 0 Å². The molecule has 0 atom stereocenters. The van der Waals surface area contributed by atoms with Gasteiger partial charge >= 0.3 is 0 Å². The van der Waals surface area contributed by atoms with E-state index in [2.05, 4.69) is 33.4 Å². The highest BCUT2D eigenvalue weighted by molar-refractivity contribution is 5.22. The quantitative estimate of drug-likeness (QED) is 0.494. The first kappa shape index (κ1) is 8.22. The Morgan fingerprint density at radius 1 is 1.22 bits per heavy atom. The van der Waals surface area contributed by atoms with Gasteiger partial charge in [0, 0.05) is 0 Å². The van der Waals surface area contributed by atoms with Gasteiger partial charge in [0.05, 0.1) is 0 Å². The first-order chi connectivity index (χ1) is 4.16. The molecule has 50 valence electrons. The van der Waals surface area contributed by atoms with E-state index in [9.17, 15) is 0 Å². The predicted molar refractivity (Wildman–Crippen MR) is 43.4 cm³/mol. The third-order valence-corrected chi connectivity index (χ3v) is 0.897. The molecule has 0 heteroatoms. The molecular formula is C9H14. The molecule has 9 heavy (non-hydrogen) atoms. The molecule has 0 radical (unpaired) electrons. The molecule has 0 fully saturated rings. The second kappa shape index (κ2) is 4.13. The lowest BCUT2D eigenvalue weighted by atomic mass is 10.2. The molecule has 0 bridgehead atoms. The number of hydrogen-bond donors (Lipinski definition) is 0. The average Bonchev–Trinajstić information content (AvgIpc) is 1.63. The molecule has 0 aromatic carbocycles. The normalized spacial score (nSPS) is 10.8. The highest BCUT2D eigenvalue weighted by atomic mass is 13.8. The van der Waals surface area contributed by atoms with Gasteiger partial charge < -0.3 is 0 Å². The van der Waals surface area contributed by atoms with Crippen LogP contribution < -0.4 is 0 Å². The van der Waals surface area contributed by atoms with Crippen LogP contribution in [0.4, 0.5) is 0 Å². The van der Waals surface area contributed by atoms with Gasteiger partial charge in [-0.15, -0.1) is 0 Å². The Kier molecular flexibility index (Phi) is 3.78. The number of hydrogen-bond acceptors (Lipinski definition) is 0. The zero-order valence-corrected chi connectivity index (χ0v) is 6.44. The van der Waals surface area contributed by atoms with Crippen LogP contribution in [0.1, 0.15) is 20.8 Å². The number of rotatable bonds is 2. The molecule has 0 amide bonds. The van der Waals surface area contributed by atoms with E-state index in [4.69, 9.17) is 0 Å². The van der Waals surface area contributed by atoms with Crippen LogP contribution in [0, 0.1) is 0 Å². The zero-order valence-electron chi connectivity index (χ0n) is 6.44. The molecule has 0 rings (SSSR count). The summed E-state index contributed by atoms with van der Waals surface area (Å²) < 4.78 is 0. The summed E-state index contributed by atoms with van der Waals surface area (Å²) in [5.74, 6) is 0. The number of allylic oxidation sites excluding steroid dienone is 5. The van der Waals surface area contributed by atoms with Crippen molar-refractivity contribution in [3.8, 4) is 0 Å². The highest BCUT2D eigenvalue weighted by Gasteiger charge is 1.78. The maximum atomic E-state index is 3.60. The van der Waals surface area contributed by atoms with Crippen molar-refractivity contribution in [1.29, 1.82) is 0 Å². The Morgan fingerprint density at radius 2 is 1.78 bits per heavy atom. The summed E-state index contributed by atoms with van der Waals surface area (Å²) in [6.07, 6.45) is 5.92. The molecule has 0 spiro atoms. The Morgan fingerprint density at radius 3 is 2.11 bits per heavy atom. The minimum atomic E-state index is 1.25. The summed E-state index contributed by atoms with van der Waals surface area (Å²) in [6, 6.07) is 0. The molecule has 0 aromatic heterocycles. The van der Waals surface area contributed by atoms with Crippen LogP contribution in [-0.4, -0.2) is 0 Å². The lowest BCUT2D eigenvalue weighted by molar-refractivity contribution is 1.35. The lowest BCUT2D eigenvalue weighted by Crippen LogP contribution is -1.68. The highest BCUT2D eigenvalue weighted by Crippen LogP contribution is 1.99. The molecule has 0 aliphatic rings. The molecule has 0 N–H and O–H groups in total. The molecule has 0 aliphatic heterocycles. The summed E-state index contributed by atoms with van der Waals surface area (Å²) in [5.41, 5.74) is 2.58. The van der Waals surface area contributed by atoms with Crippen LogP contribution in [0.15, 0.2) is 36.0 Å². The largest absolute Gasteiger partial charge is 0.0991 e. The van der Waals surface area contributed by atoms with Gasteiger partial charge in [0.15, 0.2) is 0 Å². The Balaban J connectivity index is 4.05. The van der Waals surface area contributed by atoms with Crippen molar-refractivity contribution in [3.63, 3.8) is 0 Å². The lowest BCUT2D eigenvalue weighted by Gasteiger charge is -1.89. The van der Waals surface area contributed by atoms with Gasteiger partial charge in [-0.1, -0.05) is 36.0 Å². The maximum absolute atomic E-state index is 3.60. The van der Waals surface area contributed by atoms with E-state index < -0.39 is 0 Å². The molecule has 0 nitrogen and oxygen atoms in total. The van der Waals surface area contributed by atoms with E-state index in [1.54, 1.807) is 6.08 Å². The van der Waals surface area contributed by atoms with Crippen LogP contribution >= 0.6 is 0 Å². The smallest absolute Gasteiger partial charge is 0.0398 e. The maximum Gasteiger partial charge on any atom is -0.0398 e. The molecule has 0 saturated heterocycles. The van der Waals surface area contributed by atoms with E-state index in [-0.39, 0.29) is 0 Å². The first-order valence-electron chi connectivity index (χ1n) is 3.11. The standard InChI is InChI=1S/C9H14/c1-5-6-9(4)7-8(2)3/h5-7H,1H2,2-4H3/b9-6-. The van der Waals surface area contributed by atoms with Crippen molar-refractivity contribution >= 4 is 0 Å². The zero-order chi connectivity index (χ0) is 7.28. The van der Waals surface area contributed by atoms with Gasteiger partial charge in [-0.25, -0.2) is 0 Å². The van der Waals surface area contributed by atoms with E-state index in [1.807, 2.05) is 6.08 Å². The fraction of sp³-hybridized carbons (Fsp3) is 0.333. The van der Waals surface area contributed by atoms with E-state index in [0.717, 1.165) is 0 Å². The second-order valence-corrected chi connectivity index (χ2v) is 2.37. The van der Waals surface area contributed by atoms with Crippen molar-refractivity contribution in [1.82, 2.24) is 0 Å². The SMILES string of the molecule is C=C/C=C(/C)C=C(C)C. The van der Waals surface area contributed by atoms with Gasteiger partial charge in [-0.2, -0.15) is 0 Å². The van der Waals surface area contributed by atoms with Crippen LogP contribution in [0.3, 0.4) is 0 Å². The average molecular weight is 122 g/mol. The van der Waals surface area contributed by atoms with Gasteiger partial charge in [-0.05, 0) is 20.8 Å². The van der Waals surface area contributed by atoms with Crippen LogP contribution in [0.25, 0.3) is 0 Å². The van der Waals surface area contributed by atoms with Crippen molar-refractivity contribution in [3.05, 3.63) is 36.0 Å². The van der Waals surface area contributed by atoms with Gasteiger partial charge in [-0.3, -0.25) is 0 Å². The summed E-state index contributed by atoms with van der Waals surface area (Å²) >= 11 is 0. The van der Waals surface area contributed by atoms with Crippen LogP contribution in [-0.2, 0) is 0 Å². The van der Waals surface area contributed by atoms with Crippen LogP contribution in [0.2, 0.25) is 0 Å². The van der Waals surface area contributed by atoms with Crippen LogP contribution in [0.5, 0.6) is 0 Å². The molecule has 0 aromatic rings.